The highest BCUT2D eigenvalue weighted by Crippen LogP contribution is 1.72. The Labute approximate surface area is 49.9 Å². The number of hydrogen-bond acceptors (Lipinski definition) is 4. The Morgan fingerprint density at radius 2 is 2.33 bits per heavy atom. The van der Waals surface area contributed by atoms with Gasteiger partial charge in [-0.3, -0.25) is 0 Å². The van der Waals surface area contributed by atoms with E-state index >= 15 is 0 Å². The maximum atomic E-state index is 8.36. The summed E-state index contributed by atoms with van der Waals surface area (Å²) in [6.07, 6.45) is 4.47. The first-order chi connectivity index (χ1) is 4.23. The predicted octanol–water partition coefficient (Wildman–Crippen LogP) is 0.327. The van der Waals surface area contributed by atoms with Crippen LogP contribution in [0.15, 0.2) is 23.3 Å². The molecule has 6 nitrogen and oxygen atoms in total. The average Bonchev–Trinajstić information content (AvgIpc) is 2.11. The first-order valence-electron chi connectivity index (χ1n) is 1.89. The van der Waals surface area contributed by atoms with Gasteiger partial charge in [-0.1, -0.05) is 0 Å². The molecule has 0 aliphatic heterocycles. The van der Waals surface area contributed by atoms with Crippen LogP contribution in [0, 0.1) is 10.1 Å². The smallest absolute Gasteiger partial charge is 0.291 e. The summed E-state index contributed by atoms with van der Waals surface area (Å²) in [7, 11) is 0. The summed E-state index contributed by atoms with van der Waals surface area (Å²) >= 11 is 0. The van der Waals surface area contributed by atoms with E-state index < -0.39 is 5.09 Å². The quantitative estimate of drug-likeness (QED) is 0.405. The van der Waals surface area contributed by atoms with Crippen molar-refractivity contribution >= 4 is 0 Å². The summed E-state index contributed by atoms with van der Waals surface area (Å²) in [5.74, 6) is 0. The van der Waals surface area contributed by atoms with Gasteiger partial charge in [0.05, 0.1) is 6.20 Å². The molecule has 50 valence electrons. The van der Waals surface area contributed by atoms with E-state index in [-0.39, 0.29) is 0 Å². The van der Waals surface area contributed by atoms with Crippen molar-refractivity contribution in [2.75, 3.05) is 0 Å². The van der Waals surface area contributed by atoms with Gasteiger partial charge in [0.1, 0.15) is 6.26 Å². The Kier molecular flexibility index (Phi) is 3.76. The van der Waals surface area contributed by atoms with Crippen molar-refractivity contribution in [1.29, 1.82) is 0 Å². The fraction of sp³-hybridized carbons (Fsp3) is 0. The number of rotatable bonds is 0. The zero-order valence-corrected chi connectivity index (χ0v) is 4.30. The van der Waals surface area contributed by atoms with E-state index in [1.54, 1.807) is 6.20 Å². The molecular weight excluding hydrogens is 128 g/mol. The third-order valence-electron chi connectivity index (χ3n) is 0.347. The van der Waals surface area contributed by atoms with Crippen LogP contribution >= 0.6 is 0 Å². The van der Waals surface area contributed by atoms with Crippen LogP contribution < -0.4 is 0 Å². The molecule has 1 N–H and O–H groups in total. The number of nitrogens with zero attached hydrogens (tertiary/aromatic N) is 2. The molecule has 0 aromatic carbocycles. The van der Waals surface area contributed by atoms with E-state index in [1.807, 2.05) is 0 Å². The fourth-order valence-corrected chi connectivity index (χ4v) is 0.176. The second-order valence-corrected chi connectivity index (χ2v) is 0.914. The lowest BCUT2D eigenvalue weighted by Crippen LogP contribution is -1.81. The standard InChI is InChI=1S/C3H3NO.HNO3/c1-2-5-3-4-1;2-1(3)4/h1-3H;(H,2,3,4). The van der Waals surface area contributed by atoms with Gasteiger partial charge < -0.3 is 9.62 Å². The third kappa shape index (κ3) is 10.7. The third-order valence-corrected chi connectivity index (χ3v) is 0.347. The van der Waals surface area contributed by atoms with Crippen molar-refractivity contribution in [2.45, 2.75) is 0 Å². The minimum Gasteiger partial charge on any atom is -0.452 e. The monoisotopic (exact) mass is 132 g/mol. The molecule has 9 heavy (non-hydrogen) atoms. The van der Waals surface area contributed by atoms with E-state index in [0.29, 0.717) is 0 Å². The van der Waals surface area contributed by atoms with Gasteiger partial charge in [0.15, 0.2) is 6.39 Å². The van der Waals surface area contributed by atoms with Crippen molar-refractivity contribution in [3.05, 3.63) is 29.0 Å². The van der Waals surface area contributed by atoms with E-state index in [4.69, 9.17) is 15.3 Å². The first kappa shape index (κ1) is 7.41. The summed E-state index contributed by atoms with van der Waals surface area (Å²) in [5.41, 5.74) is 0. The maximum absolute atomic E-state index is 8.36. The van der Waals surface area contributed by atoms with Crippen LogP contribution in [0.4, 0.5) is 0 Å². The zero-order valence-electron chi connectivity index (χ0n) is 4.30. The minimum absolute atomic E-state index is 1.38. The van der Waals surface area contributed by atoms with Gasteiger partial charge in [0.2, 0.25) is 0 Å². The first-order valence-corrected chi connectivity index (χ1v) is 1.89. The highest BCUT2D eigenvalue weighted by Gasteiger charge is 1.65. The molecule has 0 spiro atoms. The highest BCUT2D eigenvalue weighted by molar-refractivity contribution is 4.56. The summed E-state index contributed by atoms with van der Waals surface area (Å²) in [6, 6.07) is 0. The second-order valence-electron chi connectivity index (χ2n) is 0.914. The van der Waals surface area contributed by atoms with E-state index in [0.717, 1.165) is 0 Å². The highest BCUT2D eigenvalue weighted by atomic mass is 16.9. The van der Waals surface area contributed by atoms with Crippen LogP contribution in [-0.4, -0.2) is 15.3 Å². The van der Waals surface area contributed by atoms with Gasteiger partial charge in [0, 0.05) is 0 Å². The van der Waals surface area contributed by atoms with Gasteiger partial charge in [-0.2, -0.15) is 0 Å². The lowest BCUT2D eigenvalue weighted by Gasteiger charge is -1.56. The largest absolute Gasteiger partial charge is 0.452 e. The Morgan fingerprint density at radius 3 is 2.44 bits per heavy atom. The molecule has 0 saturated carbocycles. The molecule has 0 amide bonds. The van der Waals surface area contributed by atoms with Crippen LogP contribution in [0.3, 0.4) is 0 Å². The Balaban J connectivity index is 0.000000148. The molecule has 1 aromatic rings. The number of hydrogen-bond donors (Lipinski definition) is 1. The minimum atomic E-state index is -1.50. The van der Waals surface area contributed by atoms with E-state index in [1.165, 1.54) is 12.7 Å². The number of aromatic nitrogens is 1. The van der Waals surface area contributed by atoms with Crippen LogP contribution in [0.5, 0.6) is 0 Å². The molecule has 0 bridgehead atoms. The van der Waals surface area contributed by atoms with Gasteiger partial charge in [-0.05, 0) is 0 Å². The topological polar surface area (TPSA) is 89.4 Å². The molecule has 0 unspecified atom stereocenters. The van der Waals surface area contributed by atoms with Crippen molar-refractivity contribution in [1.82, 2.24) is 4.98 Å². The SMILES string of the molecule is O=[N+]([O-])O.c1cocn1. The van der Waals surface area contributed by atoms with Crippen molar-refractivity contribution in [3.8, 4) is 0 Å². The Bertz CT molecular complexity index is 128. The molecule has 6 heteroatoms. The molecule has 0 saturated heterocycles. The maximum Gasteiger partial charge on any atom is 0.291 e. The molecule has 0 fully saturated rings. The molecule has 0 radical (unpaired) electrons. The van der Waals surface area contributed by atoms with Crippen molar-refractivity contribution in [2.24, 2.45) is 0 Å². The van der Waals surface area contributed by atoms with Gasteiger partial charge in [-0.15, -0.1) is 10.1 Å². The summed E-state index contributed by atoms with van der Waals surface area (Å²) in [6.45, 7) is 0. The lowest BCUT2D eigenvalue weighted by atomic mass is 11.0. The molecule has 1 aromatic heterocycles. The fourth-order valence-electron chi connectivity index (χ4n) is 0.176. The summed E-state index contributed by atoms with van der Waals surface area (Å²) in [4.78, 5) is 11.9. The van der Waals surface area contributed by atoms with Crippen LogP contribution in [-0.2, 0) is 0 Å². The van der Waals surface area contributed by atoms with Crippen molar-refractivity contribution in [3.63, 3.8) is 0 Å². The molecular formula is C3H4N2O4. The number of oxazole rings is 1. The zero-order chi connectivity index (χ0) is 7.11. The second kappa shape index (κ2) is 4.57. The summed E-state index contributed by atoms with van der Waals surface area (Å²) < 4.78 is 4.47. The summed E-state index contributed by atoms with van der Waals surface area (Å²) in [5, 5.41) is 13.6. The van der Waals surface area contributed by atoms with Gasteiger partial charge in [-0.25, -0.2) is 4.98 Å². The predicted molar refractivity (Wildman–Crippen MR) is 25.3 cm³/mol. The lowest BCUT2D eigenvalue weighted by molar-refractivity contribution is -0.742. The molecule has 0 aliphatic rings. The molecule has 0 atom stereocenters. The van der Waals surface area contributed by atoms with Crippen LogP contribution in [0.25, 0.3) is 0 Å². The van der Waals surface area contributed by atoms with Gasteiger partial charge in [0.25, 0.3) is 5.09 Å². The average molecular weight is 132 g/mol. The van der Waals surface area contributed by atoms with Crippen LogP contribution in [0.1, 0.15) is 0 Å². The van der Waals surface area contributed by atoms with E-state index in [2.05, 4.69) is 9.40 Å². The van der Waals surface area contributed by atoms with E-state index in [9.17, 15) is 0 Å². The molecule has 1 heterocycles. The molecule has 0 aliphatic carbocycles. The molecule has 1 rings (SSSR count). The Morgan fingerprint density at radius 1 is 1.78 bits per heavy atom. The van der Waals surface area contributed by atoms with Crippen LogP contribution in [0.2, 0.25) is 0 Å². The Hall–Kier alpha value is -1.59. The van der Waals surface area contributed by atoms with Crippen molar-refractivity contribution < 1.29 is 14.7 Å². The van der Waals surface area contributed by atoms with Gasteiger partial charge >= 0.3 is 0 Å². The normalized spacial score (nSPS) is 7.11.